The molecule has 92 valence electrons. The second-order valence-electron chi connectivity index (χ2n) is 4.47. The number of hydrogen-bond acceptors (Lipinski definition) is 4. The van der Waals surface area contributed by atoms with Crippen LogP contribution in [0.1, 0.15) is 19.8 Å². The first-order valence-electron chi connectivity index (χ1n) is 5.87. The Kier molecular flexibility index (Phi) is 3.78. The van der Waals surface area contributed by atoms with Crippen molar-refractivity contribution in [3.8, 4) is 0 Å². The van der Waals surface area contributed by atoms with E-state index in [1.807, 2.05) is 6.92 Å². The highest BCUT2D eigenvalue weighted by atomic mass is 16.5. The van der Waals surface area contributed by atoms with Gasteiger partial charge in [-0.05, 0) is 19.8 Å². The molecule has 1 N–H and O–H groups in total. The summed E-state index contributed by atoms with van der Waals surface area (Å²) in [7, 11) is 0. The van der Waals surface area contributed by atoms with Gasteiger partial charge in [0.15, 0.2) is 0 Å². The van der Waals surface area contributed by atoms with Crippen LogP contribution >= 0.6 is 0 Å². The number of carbonyl (C=O) groups is 1. The SMILES string of the molecule is CC1CCC(C(=O)N2CCOC(CO)C2)O1. The molecule has 3 atom stereocenters. The zero-order valence-corrected chi connectivity index (χ0v) is 9.59. The molecule has 3 unspecified atom stereocenters. The number of aliphatic hydroxyl groups excluding tert-OH is 1. The number of carbonyl (C=O) groups excluding carboxylic acids is 1. The second-order valence-corrected chi connectivity index (χ2v) is 4.47. The summed E-state index contributed by atoms with van der Waals surface area (Å²) >= 11 is 0. The monoisotopic (exact) mass is 229 g/mol. The minimum atomic E-state index is -0.285. The Bertz CT molecular complexity index is 258. The highest BCUT2D eigenvalue weighted by Crippen LogP contribution is 2.21. The van der Waals surface area contributed by atoms with E-state index in [4.69, 9.17) is 14.6 Å². The molecule has 5 heteroatoms. The van der Waals surface area contributed by atoms with E-state index in [1.54, 1.807) is 4.90 Å². The lowest BCUT2D eigenvalue weighted by Crippen LogP contribution is -2.50. The number of morpholine rings is 1. The van der Waals surface area contributed by atoms with Gasteiger partial charge >= 0.3 is 0 Å². The summed E-state index contributed by atoms with van der Waals surface area (Å²) in [6.45, 7) is 3.53. The Morgan fingerprint density at radius 1 is 1.50 bits per heavy atom. The summed E-state index contributed by atoms with van der Waals surface area (Å²) in [5.74, 6) is 0.0473. The highest BCUT2D eigenvalue weighted by molar-refractivity contribution is 5.81. The number of ether oxygens (including phenoxy) is 2. The Labute approximate surface area is 95.3 Å². The molecule has 2 aliphatic rings. The van der Waals surface area contributed by atoms with Crippen LogP contribution in [0, 0.1) is 0 Å². The summed E-state index contributed by atoms with van der Waals surface area (Å²) in [5, 5.41) is 9.00. The zero-order valence-electron chi connectivity index (χ0n) is 9.59. The number of amides is 1. The smallest absolute Gasteiger partial charge is 0.251 e. The standard InChI is InChI=1S/C11H19NO4/c1-8-2-3-10(16-8)11(14)12-4-5-15-9(6-12)7-13/h8-10,13H,2-7H2,1H3. The lowest BCUT2D eigenvalue weighted by atomic mass is 10.1. The van der Waals surface area contributed by atoms with E-state index in [0.717, 1.165) is 12.8 Å². The molecule has 0 spiro atoms. The van der Waals surface area contributed by atoms with Gasteiger partial charge in [-0.2, -0.15) is 0 Å². The van der Waals surface area contributed by atoms with Gasteiger partial charge in [-0.25, -0.2) is 0 Å². The van der Waals surface area contributed by atoms with Crippen molar-refractivity contribution in [1.82, 2.24) is 4.90 Å². The van der Waals surface area contributed by atoms with E-state index in [-0.39, 0.29) is 30.8 Å². The number of rotatable bonds is 2. The average Bonchev–Trinajstić information content (AvgIpc) is 2.75. The maximum absolute atomic E-state index is 12.1. The summed E-state index contributed by atoms with van der Waals surface area (Å²) in [6, 6.07) is 0. The molecule has 0 aromatic rings. The molecule has 16 heavy (non-hydrogen) atoms. The summed E-state index contributed by atoms with van der Waals surface area (Å²) in [5.41, 5.74) is 0. The van der Waals surface area contributed by atoms with Crippen molar-refractivity contribution in [3.63, 3.8) is 0 Å². The molecule has 2 saturated heterocycles. The fourth-order valence-corrected chi connectivity index (χ4v) is 2.22. The third-order valence-corrected chi connectivity index (χ3v) is 3.16. The fourth-order valence-electron chi connectivity index (χ4n) is 2.22. The van der Waals surface area contributed by atoms with Crippen LogP contribution < -0.4 is 0 Å². The van der Waals surface area contributed by atoms with E-state index in [9.17, 15) is 4.79 Å². The average molecular weight is 229 g/mol. The van der Waals surface area contributed by atoms with E-state index < -0.39 is 0 Å². The highest BCUT2D eigenvalue weighted by Gasteiger charge is 2.33. The van der Waals surface area contributed by atoms with E-state index in [0.29, 0.717) is 19.7 Å². The van der Waals surface area contributed by atoms with Crippen LogP contribution in [0.3, 0.4) is 0 Å². The molecule has 0 aromatic carbocycles. The molecular formula is C11H19NO4. The second kappa shape index (κ2) is 5.12. The molecule has 2 fully saturated rings. The molecule has 0 bridgehead atoms. The summed E-state index contributed by atoms with van der Waals surface area (Å²) < 4.78 is 10.9. The Morgan fingerprint density at radius 2 is 2.31 bits per heavy atom. The molecule has 2 heterocycles. The number of aliphatic hydroxyl groups is 1. The summed E-state index contributed by atoms with van der Waals surface area (Å²) in [6.07, 6.45) is 1.42. The lowest BCUT2D eigenvalue weighted by molar-refractivity contribution is -0.151. The predicted octanol–water partition coefficient (Wildman–Crippen LogP) is -0.226. The van der Waals surface area contributed by atoms with Gasteiger partial charge in [0, 0.05) is 13.1 Å². The molecule has 0 aromatic heterocycles. The quantitative estimate of drug-likeness (QED) is 0.711. The van der Waals surface area contributed by atoms with Gasteiger partial charge in [-0.3, -0.25) is 4.79 Å². The largest absolute Gasteiger partial charge is 0.394 e. The lowest BCUT2D eigenvalue weighted by Gasteiger charge is -2.33. The maximum atomic E-state index is 12.1. The first-order chi connectivity index (χ1) is 7.70. The first-order valence-corrected chi connectivity index (χ1v) is 5.87. The number of hydrogen-bond donors (Lipinski definition) is 1. The predicted molar refractivity (Wildman–Crippen MR) is 57.0 cm³/mol. The molecule has 0 radical (unpaired) electrons. The topological polar surface area (TPSA) is 59.0 Å². The minimum absolute atomic E-state index is 0.0360. The molecule has 1 amide bonds. The molecule has 0 aliphatic carbocycles. The van der Waals surface area contributed by atoms with Crippen LogP contribution in [0.4, 0.5) is 0 Å². The van der Waals surface area contributed by atoms with Gasteiger partial charge in [0.25, 0.3) is 5.91 Å². The molecule has 2 rings (SSSR count). The minimum Gasteiger partial charge on any atom is -0.394 e. The Hall–Kier alpha value is -0.650. The van der Waals surface area contributed by atoms with Gasteiger partial charge in [-0.15, -0.1) is 0 Å². The molecule has 5 nitrogen and oxygen atoms in total. The van der Waals surface area contributed by atoms with Crippen molar-refractivity contribution in [2.24, 2.45) is 0 Å². The van der Waals surface area contributed by atoms with E-state index in [2.05, 4.69) is 0 Å². The maximum Gasteiger partial charge on any atom is 0.251 e. The third-order valence-electron chi connectivity index (χ3n) is 3.16. The Balaban J connectivity index is 1.89. The van der Waals surface area contributed by atoms with E-state index >= 15 is 0 Å². The van der Waals surface area contributed by atoms with Gasteiger partial charge < -0.3 is 19.5 Å². The van der Waals surface area contributed by atoms with Gasteiger partial charge in [0.1, 0.15) is 6.10 Å². The van der Waals surface area contributed by atoms with Crippen LogP contribution in [-0.4, -0.2) is 60.5 Å². The fraction of sp³-hybridized carbons (Fsp3) is 0.909. The summed E-state index contributed by atoms with van der Waals surface area (Å²) in [4.78, 5) is 13.8. The zero-order chi connectivity index (χ0) is 11.5. The Morgan fingerprint density at radius 3 is 2.94 bits per heavy atom. The molecule has 0 saturated carbocycles. The van der Waals surface area contributed by atoms with Crippen molar-refractivity contribution >= 4 is 5.91 Å². The van der Waals surface area contributed by atoms with Crippen LogP contribution in [0.15, 0.2) is 0 Å². The van der Waals surface area contributed by atoms with Gasteiger partial charge in [0.05, 0.1) is 25.4 Å². The van der Waals surface area contributed by atoms with Crippen LogP contribution in [0.25, 0.3) is 0 Å². The van der Waals surface area contributed by atoms with Crippen LogP contribution in [0.5, 0.6) is 0 Å². The van der Waals surface area contributed by atoms with Crippen molar-refractivity contribution < 1.29 is 19.4 Å². The molecular weight excluding hydrogens is 210 g/mol. The third kappa shape index (κ3) is 2.53. The number of nitrogens with zero attached hydrogens (tertiary/aromatic N) is 1. The van der Waals surface area contributed by atoms with Crippen LogP contribution in [-0.2, 0) is 14.3 Å². The van der Waals surface area contributed by atoms with Gasteiger partial charge in [-0.1, -0.05) is 0 Å². The van der Waals surface area contributed by atoms with Crippen molar-refractivity contribution in [2.45, 2.75) is 38.1 Å². The van der Waals surface area contributed by atoms with Crippen molar-refractivity contribution in [2.75, 3.05) is 26.3 Å². The van der Waals surface area contributed by atoms with Crippen molar-refractivity contribution in [1.29, 1.82) is 0 Å². The van der Waals surface area contributed by atoms with Gasteiger partial charge in [0.2, 0.25) is 0 Å². The van der Waals surface area contributed by atoms with E-state index in [1.165, 1.54) is 0 Å². The van der Waals surface area contributed by atoms with Crippen molar-refractivity contribution in [3.05, 3.63) is 0 Å². The first kappa shape index (κ1) is 11.8. The van der Waals surface area contributed by atoms with Crippen LogP contribution in [0.2, 0.25) is 0 Å². The normalized spacial score (nSPS) is 35.4. The molecule has 2 aliphatic heterocycles.